The average molecular weight is 432 g/mol. The third-order valence-corrected chi connectivity index (χ3v) is 6.72. The van der Waals surface area contributed by atoms with Crippen LogP contribution in [-0.2, 0) is 16.4 Å². The Hall–Kier alpha value is -2.54. The zero-order chi connectivity index (χ0) is 21.7. The normalized spacial score (nSPS) is 17.7. The Morgan fingerprint density at radius 1 is 1.07 bits per heavy atom. The van der Waals surface area contributed by atoms with Crippen molar-refractivity contribution in [2.75, 3.05) is 18.1 Å². The number of ether oxygens (including phenoxy) is 2. The summed E-state index contributed by atoms with van der Waals surface area (Å²) in [5.41, 5.74) is 1.44. The number of rotatable bonds is 8. The predicted octanol–water partition coefficient (Wildman–Crippen LogP) is 3.70. The molecule has 0 bridgehead atoms. The Morgan fingerprint density at radius 2 is 1.70 bits per heavy atom. The van der Waals surface area contributed by atoms with Crippen molar-refractivity contribution in [2.45, 2.75) is 45.9 Å². The van der Waals surface area contributed by atoms with Gasteiger partial charge in [-0.2, -0.15) is 0 Å². The van der Waals surface area contributed by atoms with E-state index in [1.54, 1.807) is 29.2 Å². The van der Waals surface area contributed by atoms with Crippen LogP contribution in [0.3, 0.4) is 0 Å². The molecule has 1 atom stereocenters. The molecule has 0 saturated carbocycles. The molecule has 1 aliphatic heterocycles. The standard InChI is InChI=1S/C23H29NO5S/c1-4-28-21-9-5-18(6-10-21)15-24(20-13-14-30(26,27)16-20)23(25)19-7-11-22(12-8-19)29-17(2)3/h5-12,17,20H,4,13-16H2,1-3H3/t20-/m0/s1. The first-order chi connectivity index (χ1) is 14.3. The molecule has 1 amide bonds. The lowest BCUT2D eigenvalue weighted by Crippen LogP contribution is -2.40. The number of hydrogen-bond donors (Lipinski definition) is 0. The minimum atomic E-state index is -3.12. The smallest absolute Gasteiger partial charge is 0.254 e. The maximum atomic E-state index is 13.3. The van der Waals surface area contributed by atoms with Crippen LogP contribution in [0.5, 0.6) is 11.5 Å². The Kier molecular flexibility index (Phi) is 7.02. The van der Waals surface area contributed by atoms with Crippen LogP contribution in [0.25, 0.3) is 0 Å². The van der Waals surface area contributed by atoms with E-state index in [2.05, 4.69) is 0 Å². The first-order valence-corrected chi connectivity index (χ1v) is 12.1. The molecule has 0 radical (unpaired) electrons. The molecule has 0 spiro atoms. The second-order valence-electron chi connectivity index (χ2n) is 7.76. The first-order valence-electron chi connectivity index (χ1n) is 10.3. The highest BCUT2D eigenvalue weighted by Gasteiger charge is 2.35. The fraction of sp³-hybridized carbons (Fsp3) is 0.435. The second kappa shape index (κ2) is 9.51. The number of carbonyl (C=O) groups excluding carboxylic acids is 1. The molecule has 162 valence electrons. The zero-order valence-electron chi connectivity index (χ0n) is 17.7. The molecule has 0 unspecified atom stereocenters. The number of carbonyl (C=O) groups is 1. The molecule has 0 N–H and O–H groups in total. The molecule has 6 nitrogen and oxygen atoms in total. The molecule has 1 aliphatic rings. The van der Waals surface area contributed by atoms with Crippen LogP contribution in [-0.4, -0.2) is 49.5 Å². The molecular formula is C23H29NO5S. The van der Waals surface area contributed by atoms with E-state index in [4.69, 9.17) is 9.47 Å². The number of hydrogen-bond acceptors (Lipinski definition) is 5. The van der Waals surface area contributed by atoms with Gasteiger partial charge in [0.25, 0.3) is 5.91 Å². The van der Waals surface area contributed by atoms with E-state index in [0.717, 1.165) is 11.3 Å². The van der Waals surface area contributed by atoms with Crippen LogP contribution in [0.4, 0.5) is 0 Å². The van der Waals surface area contributed by atoms with Gasteiger partial charge in [-0.05, 0) is 69.2 Å². The summed E-state index contributed by atoms with van der Waals surface area (Å²) >= 11 is 0. The maximum absolute atomic E-state index is 13.3. The van der Waals surface area contributed by atoms with Crippen molar-refractivity contribution in [3.63, 3.8) is 0 Å². The van der Waals surface area contributed by atoms with Crippen LogP contribution in [0.2, 0.25) is 0 Å². The Balaban J connectivity index is 1.82. The number of amides is 1. The third-order valence-electron chi connectivity index (χ3n) is 4.97. The largest absolute Gasteiger partial charge is 0.494 e. The fourth-order valence-electron chi connectivity index (χ4n) is 3.56. The number of benzene rings is 2. The summed E-state index contributed by atoms with van der Waals surface area (Å²) in [6.45, 7) is 6.73. The molecule has 1 saturated heterocycles. The van der Waals surface area contributed by atoms with Crippen molar-refractivity contribution < 1.29 is 22.7 Å². The lowest BCUT2D eigenvalue weighted by atomic mass is 10.1. The number of sulfone groups is 1. The van der Waals surface area contributed by atoms with Crippen LogP contribution < -0.4 is 9.47 Å². The maximum Gasteiger partial charge on any atom is 0.254 e. The molecule has 2 aromatic carbocycles. The number of nitrogens with zero attached hydrogens (tertiary/aromatic N) is 1. The highest BCUT2D eigenvalue weighted by molar-refractivity contribution is 7.91. The van der Waals surface area contributed by atoms with E-state index in [1.165, 1.54) is 0 Å². The van der Waals surface area contributed by atoms with Gasteiger partial charge in [0.1, 0.15) is 11.5 Å². The monoisotopic (exact) mass is 431 g/mol. The lowest BCUT2D eigenvalue weighted by Gasteiger charge is -2.28. The van der Waals surface area contributed by atoms with Gasteiger partial charge >= 0.3 is 0 Å². The minimum Gasteiger partial charge on any atom is -0.494 e. The highest BCUT2D eigenvalue weighted by atomic mass is 32.2. The molecule has 7 heteroatoms. The third kappa shape index (κ3) is 5.75. The molecule has 3 rings (SSSR count). The Morgan fingerprint density at radius 3 is 2.23 bits per heavy atom. The van der Waals surface area contributed by atoms with Crippen molar-refractivity contribution in [3.05, 3.63) is 59.7 Å². The molecule has 0 aromatic heterocycles. The summed E-state index contributed by atoms with van der Waals surface area (Å²) in [4.78, 5) is 15.0. The van der Waals surface area contributed by atoms with Gasteiger partial charge in [-0.15, -0.1) is 0 Å². The molecule has 2 aromatic rings. The van der Waals surface area contributed by atoms with Crippen molar-refractivity contribution >= 4 is 15.7 Å². The fourth-order valence-corrected chi connectivity index (χ4v) is 5.29. The van der Waals surface area contributed by atoms with Gasteiger partial charge in [0.2, 0.25) is 0 Å². The Bertz CT molecular complexity index is 952. The summed E-state index contributed by atoms with van der Waals surface area (Å²) in [7, 11) is -3.12. The minimum absolute atomic E-state index is 0.00428. The second-order valence-corrected chi connectivity index (χ2v) is 9.99. The summed E-state index contributed by atoms with van der Waals surface area (Å²) < 4.78 is 35.2. The van der Waals surface area contributed by atoms with Gasteiger partial charge in [0, 0.05) is 18.2 Å². The Labute approximate surface area is 178 Å². The summed E-state index contributed by atoms with van der Waals surface area (Å²) in [6.07, 6.45) is 0.506. The average Bonchev–Trinajstić information content (AvgIpc) is 3.07. The highest BCUT2D eigenvalue weighted by Crippen LogP contribution is 2.24. The van der Waals surface area contributed by atoms with E-state index >= 15 is 0 Å². The van der Waals surface area contributed by atoms with E-state index < -0.39 is 9.84 Å². The van der Waals surface area contributed by atoms with Crippen molar-refractivity contribution in [2.24, 2.45) is 0 Å². The first kappa shape index (κ1) is 22.2. The van der Waals surface area contributed by atoms with Gasteiger partial charge in [-0.25, -0.2) is 8.42 Å². The van der Waals surface area contributed by atoms with Crippen LogP contribution in [0, 0.1) is 0 Å². The van der Waals surface area contributed by atoms with Gasteiger partial charge < -0.3 is 14.4 Å². The van der Waals surface area contributed by atoms with E-state index in [9.17, 15) is 13.2 Å². The van der Waals surface area contributed by atoms with Gasteiger partial charge in [0.05, 0.1) is 24.2 Å². The molecule has 0 aliphatic carbocycles. The molecule has 1 heterocycles. The van der Waals surface area contributed by atoms with E-state index in [0.29, 0.717) is 30.9 Å². The summed E-state index contributed by atoms with van der Waals surface area (Å²) in [6, 6.07) is 14.2. The van der Waals surface area contributed by atoms with Gasteiger partial charge in [0.15, 0.2) is 9.84 Å². The van der Waals surface area contributed by atoms with Crippen molar-refractivity contribution in [3.8, 4) is 11.5 Å². The van der Waals surface area contributed by atoms with Gasteiger partial charge in [-0.1, -0.05) is 12.1 Å². The zero-order valence-corrected chi connectivity index (χ0v) is 18.5. The lowest BCUT2D eigenvalue weighted by molar-refractivity contribution is 0.0681. The summed E-state index contributed by atoms with van der Waals surface area (Å²) in [5.74, 6) is 1.41. The van der Waals surface area contributed by atoms with E-state index in [-0.39, 0.29) is 29.6 Å². The molecule has 1 fully saturated rings. The van der Waals surface area contributed by atoms with Crippen LogP contribution in [0.1, 0.15) is 43.1 Å². The van der Waals surface area contributed by atoms with Crippen LogP contribution >= 0.6 is 0 Å². The van der Waals surface area contributed by atoms with Crippen molar-refractivity contribution in [1.29, 1.82) is 0 Å². The predicted molar refractivity (Wildman–Crippen MR) is 117 cm³/mol. The SMILES string of the molecule is CCOc1ccc(CN(C(=O)c2ccc(OC(C)C)cc2)[C@H]2CCS(=O)(=O)C2)cc1. The molecular weight excluding hydrogens is 402 g/mol. The topological polar surface area (TPSA) is 72.9 Å². The van der Waals surface area contributed by atoms with Crippen LogP contribution in [0.15, 0.2) is 48.5 Å². The molecule has 30 heavy (non-hydrogen) atoms. The van der Waals surface area contributed by atoms with E-state index in [1.807, 2.05) is 45.0 Å². The van der Waals surface area contributed by atoms with Gasteiger partial charge in [-0.3, -0.25) is 4.79 Å². The summed E-state index contributed by atoms with van der Waals surface area (Å²) in [5, 5.41) is 0. The quantitative estimate of drug-likeness (QED) is 0.637. The van der Waals surface area contributed by atoms with Crippen molar-refractivity contribution in [1.82, 2.24) is 4.90 Å².